The fraction of sp³-hybridized carbons (Fsp3) is 0.263. The lowest BCUT2D eigenvalue weighted by Crippen LogP contribution is -2.27. The number of carboxylic acids is 1. The maximum atomic E-state index is 12.0. The Morgan fingerprint density at radius 3 is 2.17 bits per heavy atom. The summed E-state index contributed by atoms with van der Waals surface area (Å²) < 4.78 is 0. The molecular formula is C19H21NO3. The van der Waals surface area contributed by atoms with Crippen LogP contribution in [0.25, 0.3) is 0 Å². The highest BCUT2D eigenvalue weighted by molar-refractivity contribution is 5.87. The van der Waals surface area contributed by atoms with Gasteiger partial charge in [-0.3, -0.25) is 4.79 Å². The van der Waals surface area contributed by atoms with Gasteiger partial charge < -0.3 is 10.4 Å². The van der Waals surface area contributed by atoms with E-state index in [0.29, 0.717) is 6.54 Å². The van der Waals surface area contributed by atoms with E-state index in [1.54, 1.807) is 12.1 Å². The largest absolute Gasteiger partial charge is 0.478 e. The molecule has 0 atom stereocenters. The van der Waals surface area contributed by atoms with Crippen LogP contribution in [-0.4, -0.2) is 23.5 Å². The van der Waals surface area contributed by atoms with Crippen LogP contribution in [0.15, 0.2) is 42.5 Å². The van der Waals surface area contributed by atoms with E-state index < -0.39 is 5.97 Å². The number of carbonyl (C=O) groups excluding carboxylic acids is 1. The first-order valence-electron chi connectivity index (χ1n) is 7.61. The average Bonchev–Trinajstić information content (AvgIpc) is 2.51. The van der Waals surface area contributed by atoms with Gasteiger partial charge in [0.05, 0.1) is 12.0 Å². The van der Waals surface area contributed by atoms with Crippen molar-refractivity contribution in [3.8, 4) is 0 Å². The van der Waals surface area contributed by atoms with Crippen molar-refractivity contribution in [3.63, 3.8) is 0 Å². The zero-order valence-electron chi connectivity index (χ0n) is 13.4. The molecular weight excluding hydrogens is 290 g/mol. The van der Waals surface area contributed by atoms with Crippen LogP contribution in [0.1, 0.15) is 32.6 Å². The normalized spacial score (nSPS) is 10.3. The first-order valence-corrected chi connectivity index (χ1v) is 7.61. The summed E-state index contributed by atoms with van der Waals surface area (Å²) in [6.45, 7) is 4.75. The van der Waals surface area contributed by atoms with Gasteiger partial charge in [0.2, 0.25) is 5.91 Å². The Bertz CT molecular complexity index is 685. The quantitative estimate of drug-likeness (QED) is 0.862. The maximum absolute atomic E-state index is 12.0. The van der Waals surface area contributed by atoms with Crippen LogP contribution in [0.3, 0.4) is 0 Å². The lowest BCUT2D eigenvalue weighted by atomic mass is 10.0. The summed E-state index contributed by atoms with van der Waals surface area (Å²) in [7, 11) is 0. The Balaban J connectivity index is 1.84. The van der Waals surface area contributed by atoms with Gasteiger partial charge in [0.15, 0.2) is 0 Å². The molecule has 0 aromatic heterocycles. The molecule has 0 aliphatic carbocycles. The van der Waals surface area contributed by atoms with E-state index in [0.717, 1.165) is 12.0 Å². The van der Waals surface area contributed by atoms with Crippen LogP contribution in [0.5, 0.6) is 0 Å². The molecule has 0 saturated carbocycles. The number of rotatable bonds is 6. The van der Waals surface area contributed by atoms with Gasteiger partial charge in [0, 0.05) is 6.54 Å². The molecule has 23 heavy (non-hydrogen) atoms. The average molecular weight is 311 g/mol. The van der Waals surface area contributed by atoms with Gasteiger partial charge in [-0.1, -0.05) is 30.3 Å². The molecule has 2 N–H and O–H groups in total. The summed E-state index contributed by atoms with van der Waals surface area (Å²) in [5, 5.41) is 11.8. The standard InChI is InChI=1S/C19H21NO3/c1-13-4-3-5-14(2)17(13)10-11-20-18(21)12-15-6-8-16(9-7-15)19(22)23/h3-9H,10-12H2,1-2H3,(H,20,21)(H,22,23). The van der Waals surface area contributed by atoms with E-state index in [2.05, 4.69) is 31.3 Å². The lowest BCUT2D eigenvalue weighted by molar-refractivity contribution is -0.120. The summed E-state index contributed by atoms with van der Waals surface area (Å²) in [6.07, 6.45) is 1.06. The van der Waals surface area contributed by atoms with E-state index in [4.69, 9.17) is 5.11 Å². The van der Waals surface area contributed by atoms with E-state index in [1.807, 2.05) is 6.07 Å². The number of benzene rings is 2. The fourth-order valence-corrected chi connectivity index (χ4v) is 2.58. The molecule has 0 fully saturated rings. The monoisotopic (exact) mass is 311 g/mol. The van der Waals surface area contributed by atoms with E-state index >= 15 is 0 Å². The van der Waals surface area contributed by atoms with Gasteiger partial charge in [-0.15, -0.1) is 0 Å². The molecule has 2 rings (SSSR count). The van der Waals surface area contributed by atoms with Crippen LogP contribution in [0.2, 0.25) is 0 Å². The maximum Gasteiger partial charge on any atom is 0.335 e. The Hall–Kier alpha value is -2.62. The summed E-state index contributed by atoms with van der Waals surface area (Å²) in [6, 6.07) is 12.6. The van der Waals surface area contributed by atoms with Gasteiger partial charge >= 0.3 is 5.97 Å². The van der Waals surface area contributed by atoms with Gasteiger partial charge in [-0.2, -0.15) is 0 Å². The Labute approximate surface area is 136 Å². The number of carbonyl (C=O) groups is 2. The van der Waals surface area contributed by atoms with Gasteiger partial charge in [-0.05, 0) is 54.7 Å². The summed E-state index contributed by atoms with van der Waals surface area (Å²) >= 11 is 0. The van der Waals surface area contributed by atoms with E-state index in [1.165, 1.54) is 28.8 Å². The Kier molecular flexibility index (Phi) is 5.52. The summed E-state index contributed by atoms with van der Waals surface area (Å²) in [5.41, 5.74) is 4.79. The van der Waals surface area contributed by atoms with Crippen LogP contribution in [-0.2, 0) is 17.6 Å². The molecule has 1 amide bonds. The highest BCUT2D eigenvalue weighted by Crippen LogP contribution is 2.13. The first-order chi connectivity index (χ1) is 11.0. The molecule has 120 valence electrons. The van der Waals surface area contributed by atoms with Crippen molar-refractivity contribution in [1.82, 2.24) is 5.32 Å². The summed E-state index contributed by atoms with van der Waals surface area (Å²) in [5.74, 6) is -1.02. The number of hydrogen-bond donors (Lipinski definition) is 2. The second-order valence-corrected chi connectivity index (χ2v) is 5.65. The molecule has 0 bridgehead atoms. The van der Waals surface area contributed by atoms with E-state index in [9.17, 15) is 9.59 Å². The Morgan fingerprint density at radius 1 is 1.00 bits per heavy atom. The molecule has 0 saturated heterocycles. The van der Waals surface area contributed by atoms with Crippen molar-refractivity contribution in [2.45, 2.75) is 26.7 Å². The third kappa shape index (κ3) is 4.68. The summed E-state index contributed by atoms with van der Waals surface area (Å²) in [4.78, 5) is 22.8. The number of hydrogen-bond acceptors (Lipinski definition) is 2. The van der Waals surface area contributed by atoms with Crippen molar-refractivity contribution >= 4 is 11.9 Å². The predicted octanol–water partition coefficient (Wildman–Crippen LogP) is 2.90. The van der Waals surface area contributed by atoms with Crippen LogP contribution < -0.4 is 5.32 Å². The first kappa shape index (κ1) is 16.7. The van der Waals surface area contributed by atoms with Crippen LogP contribution >= 0.6 is 0 Å². The van der Waals surface area contributed by atoms with E-state index in [-0.39, 0.29) is 17.9 Å². The molecule has 0 aliphatic rings. The molecule has 0 radical (unpaired) electrons. The number of nitrogens with one attached hydrogen (secondary N) is 1. The number of carboxylic acid groups (broad SMARTS) is 1. The van der Waals surface area contributed by atoms with Gasteiger partial charge in [0.25, 0.3) is 0 Å². The Morgan fingerprint density at radius 2 is 1.61 bits per heavy atom. The third-order valence-electron chi connectivity index (χ3n) is 3.91. The zero-order chi connectivity index (χ0) is 16.8. The predicted molar refractivity (Wildman–Crippen MR) is 89.7 cm³/mol. The molecule has 0 heterocycles. The second-order valence-electron chi connectivity index (χ2n) is 5.65. The van der Waals surface area contributed by atoms with Gasteiger partial charge in [-0.25, -0.2) is 4.79 Å². The smallest absolute Gasteiger partial charge is 0.335 e. The van der Waals surface area contributed by atoms with Crippen molar-refractivity contribution in [1.29, 1.82) is 0 Å². The molecule has 4 heteroatoms. The minimum absolute atomic E-state index is 0.0562. The third-order valence-corrected chi connectivity index (χ3v) is 3.91. The zero-order valence-corrected chi connectivity index (χ0v) is 13.4. The van der Waals surface area contributed by atoms with Crippen LogP contribution in [0.4, 0.5) is 0 Å². The van der Waals surface area contributed by atoms with Crippen molar-refractivity contribution in [2.75, 3.05) is 6.54 Å². The van der Waals surface area contributed by atoms with Gasteiger partial charge in [0.1, 0.15) is 0 Å². The minimum atomic E-state index is -0.963. The van der Waals surface area contributed by atoms with Crippen molar-refractivity contribution < 1.29 is 14.7 Å². The topological polar surface area (TPSA) is 66.4 Å². The van der Waals surface area contributed by atoms with Crippen molar-refractivity contribution in [3.05, 3.63) is 70.3 Å². The van der Waals surface area contributed by atoms with Crippen LogP contribution in [0, 0.1) is 13.8 Å². The minimum Gasteiger partial charge on any atom is -0.478 e. The SMILES string of the molecule is Cc1cccc(C)c1CCNC(=O)Cc1ccc(C(=O)O)cc1. The number of aromatic carboxylic acids is 1. The molecule has 0 spiro atoms. The highest BCUT2D eigenvalue weighted by atomic mass is 16.4. The molecule has 0 aliphatic heterocycles. The molecule has 4 nitrogen and oxygen atoms in total. The molecule has 2 aromatic carbocycles. The number of amides is 1. The molecule has 2 aromatic rings. The second kappa shape index (κ2) is 7.58. The van der Waals surface area contributed by atoms with Crippen molar-refractivity contribution in [2.24, 2.45) is 0 Å². The lowest BCUT2D eigenvalue weighted by Gasteiger charge is -2.10. The highest BCUT2D eigenvalue weighted by Gasteiger charge is 2.07. The number of aryl methyl sites for hydroxylation is 2. The fourth-order valence-electron chi connectivity index (χ4n) is 2.58. The molecule has 0 unspecified atom stereocenters.